The molecule has 0 aliphatic heterocycles. The molecule has 0 aliphatic rings. The van der Waals surface area contributed by atoms with E-state index in [2.05, 4.69) is 5.32 Å². The highest BCUT2D eigenvalue weighted by atomic mass is 19.1. The number of aliphatic hydroxyl groups is 1. The van der Waals surface area contributed by atoms with Crippen molar-refractivity contribution in [1.82, 2.24) is 5.32 Å². The molecule has 0 spiro atoms. The molecule has 0 aromatic heterocycles. The molecule has 2 N–H and O–H groups in total. The molecule has 1 aromatic carbocycles. The number of rotatable bonds is 4. The minimum Gasteiger partial charge on any atom is -0.392 e. The number of halogens is 2. The minimum atomic E-state index is -0.587. The lowest BCUT2D eigenvalue weighted by Gasteiger charge is -2.15. The van der Waals surface area contributed by atoms with Crippen molar-refractivity contribution in [1.29, 1.82) is 0 Å². The lowest BCUT2D eigenvalue weighted by Crippen LogP contribution is -2.27. The van der Waals surface area contributed by atoms with Gasteiger partial charge in [0.15, 0.2) is 0 Å². The van der Waals surface area contributed by atoms with Crippen LogP contribution in [0.2, 0.25) is 0 Å². The van der Waals surface area contributed by atoms with Gasteiger partial charge in [-0.1, -0.05) is 0 Å². The van der Waals surface area contributed by atoms with E-state index in [1.165, 1.54) is 12.1 Å². The van der Waals surface area contributed by atoms with E-state index in [1.807, 2.05) is 0 Å². The van der Waals surface area contributed by atoms with E-state index in [0.717, 1.165) is 6.07 Å². The predicted octanol–water partition coefficient (Wildman–Crippen LogP) is 2.00. The summed E-state index contributed by atoms with van der Waals surface area (Å²) in [6.07, 6.45) is -0.481. The lowest BCUT2D eigenvalue weighted by atomic mass is 10.1. The number of nitrogens with one attached hydrogen (secondary N) is 1. The average Bonchev–Trinajstić information content (AvgIpc) is 2.12. The van der Waals surface area contributed by atoms with Crippen molar-refractivity contribution in [3.05, 3.63) is 35.4 Å². The van der Waals surface area contributed by atoms with Crippen LogP contribution in [0.3, 0.4) is 0 Å². The Labute approximate surface area is 87.9 Å². The zero-order chi connectivity index (χ0) is 11.4. The highest BCUT2D eigenvalue weighted by Gasteiger charge is 2.08. The smallest absolute Gasteiger partial charge is 0.126 e. The fourth-order valence-electron chi connectivity index (χ4n) is 1.29. The molecule has 1 unspecified atom stereocenters. The first kappa shape index (κ1) is 12.1. The molecule has 0 bridgehead atoms. The van der Waals surface area contributed by atoms with Gasteiger partial charge in [0.25, 0.3) is 0 Å². The van der Waals surface area contributed by atoms with Gasteiger partial charge in [-0.2, -0.15) is 0 Å². The van der Waals surface area contributed by atoms with E-state index in [1.54, 1.807) is 13.8 Å². The van der Waals surface area contributed by atoms with Crippen molar-refractivity contribution in [3.8, 4) is 0 Å². The molecule has 0 fully saturated rings. The Bertz CT molecular complexity index is 308. The van der Waals surface area contributed by atoms with Crippen molar-refractivity contribution >= 4 is 0 Å². The van der Waals surface area contributed by atoms with Gasteiger partial charge in [-0.05, 0) is 31.5 Å². The minimum absolute atomic E-state index is 0.190. The largest absolute Gasteiger partial charge is 0.392 e. The summed E-state index contributed by atoms with van der Waals surface area (Å²) < 4.78 is 25.7. The molecule has 1 rings (SSSR count). The third-order valence-electron chi connectivity index (χ3n) is 2.10. The molecule has 0 amide bonds. The molecule has 15 heavy (non-hydrogen) atoms. The van der Waals surface area contributed by atoms with E-state index in [4.69, 9.17) is 5.11 Å². The summed E-state index contributed by atoms with van der Waals surface area (Å²) in [5.41, 5.74) is 0.535. The van der Waals surface area contributed by atoms with Gasteiger partial charge in [0.05, 0.1) is 6.10 Å². The molecule has 2 nitrogen and oxygen atoms in total. The van der Waals surface area contributed by atoms with Crippen LogP contribution in [0.5, 0.6) is 0 Å². The Morgan fingerprint density at radius 2 is 1.73 bits per heavy atom. The van der Waals surface area contributed by atoms with Gasteiger partial charge < -0.3 is 10.4 Å². The third kappa shape index (κ3) is 3.93. The van der Waals surface area contributed by atoms with Crippen LogP contribution in [-0.4, -0.2) is 17.8 Å². The van der Waals surface area contributed by atoms with Gasteiger partial charge >= 0.3 is 0 Å². The third-order valence-corrected chi connectivity index (χ3v) is 2.10. The standard InChI is InChI=1S/C11H15F2NO/c1-7(15)6-14-8(2)9-3-10(12)5-11(13)4-9/h3-5,7-8,14-15H,6H2,1-2H3/t7-,8?/m0/s1. The normalized spacial score (nSPS) is 15.0. The number of hydrogen-bond donors (Lipinski definition) is 2. The molecule has 0 radical (unpaired) electrons. The predicted molar refractivity (Wildman–Crippen MR) is 54.5 cm³/mol. The molecule has 0 saturated carbocycles. The molecular weight excluding hydrogens is 200 g/mol. The van der Waals surface area contributed by atoms with Gasteiger partial charge in [0.1, 0.15) is 11.6 Å². The van der Waals surface area contributed by atoms with E-state index in [-0.39, 0.29) is 6.04 Å². The Morgan fingerprint density at radius 1 is 1.20 bits per heavy atom. The topological polar surface area (TPSA) is 32.3 Å². The first-order chi connectivity index (χ1) is 6.99. The summed E-state index contributed by atoms with van der Waals surface area (Å²) in [5, 5.41) is 12.0. The Hall–Kier alpha value is -1.00. The first-order valence-corrected chi connectivity index (χ1v) is 4.86. The van der Waals surface area contributed by atoms with E-state index >= 15 is 0 Å². The molecular formula is C11H15F2NO. The fourth-order valence-corrected chi connectivity index (χ4v) is 1.29. The van der Waals surface area contributed by atoms with Crippen molar-refractivity contribution in [2.45, 2.75) is 26.0 Å². The summed E-state index contributed by atoms with van der Waals surface area (Å²) in [6, 6.07) is 3.21. The van der Waals surface area contributed by atoms with Crippen LogP contribution in [0.25, 0.3) is 0 Å². The Balaban J connectivity index is 2.68. The zero-order valence-corrected chi connectivity index (χ0v) is 8.80. The van der Waals surface area contributed by atoms with E-state index in [9.17, 15) is 8.78 Å². The molecule has 0 saturated heterocycles. The first-order valence-electron chi connectivity index (χ1n) is 4.86. The monoisotopic (exact) mass is 215 g/mol. The maximum atomic E-state index is 12.9. The number of hydrogen-bond acceptors (Lipinski definition) is 2. The van der Waals surface area contributed by atoms with Gasteiger partial charge in [-0.15, -0.1) is 0 Å². The van der Waals surface area contributed by atoms with Crippen LogP contribution in [0.1, 0.15) is 25.5 Å². The van der Waals surface area contributed by atoms with Crippen LogP contribution in [0.15, 0.2) is 18.2 Å². The second-order valence-corrected chi connectivity index (χ2v) is 3.68. The average molecular weight is 215 g/mol. The maximum Gasteiger partial charge on any atom is 0.126 e. The fraction of sp³-hybridized carbons (Fsp3) is 0.455. The lowest BCUT2D eigenvalue weighted by molar-refractivity contribution is 0.187. The molecule has 4 heteroatoms. The highest BCUT2D eigenvalue weighted by Crippen LogP contribution is 2.15. The van der Waals surface area contributed by atoms with Crippen molar-refractivity contribution in [2.75, 3.05) is 6.54 Å². The van der Waals surface area contributed by atoms with Crippen molar-refractivity contribution < 1.29 is 13.9 Å². The van der Waals surface area contributed by atoms with Crippen molar-refractivity contribution in [2.24, 2.45) is 0 Å². The van der Waals surface area contributed by atoms with Gasteiger partial charge in [-0.3, -0.25) is 0 Å². The molecule has 2 atom stereocenters. The van der Waals surface area contributed by atoms with Gasteiger partial charge in [0, 0.05) is 18.7 Å². The van der Waals surface area contributed by atoms with Crippen LogP contribution in [-0.2, 0) is 0 Å². The molecule has 1 aromatic rings. The zero-order valence-electron chi connectivity index (χ0n) is 8.80. The van der Waals surface area contributed by atoms with Crippen LogP contribution < -0.4 is 5.32 Å². The number of benzene rings is 1. The molecule has 84 valence electrons. The maximum absolute atomic E-state index is 12.9. The highest BCUT2D eigenvalue weighted by molar-refractivity contribution is 5.20. The molecule has 0 heterocycles. The molecule has 0 aliphatic carbocycles. The quantitative estimate of drug-likeness (QED) is 0.805. The Kier molecular flexibility index (Phi) is 4.17. The summed E-state index contributed by atoms with van der Waals surface area (Å²) in [4.78, 5) is 0. The van der Waals surface area contributed by atoms with Crippen molar-refractivity contribution in [3.63, 3.8) is 0 Å². The van der Waals surface area contributed by atoms with Gasteiger partial charge in [-0.25, -0.2) is 8.78 Å². The van der Waals surface area contributed by atoms with Gasteiger partial charge in [0.2, 0.25) is 0 Å². The summed E-state index contributed by atoms with van der Waals surface area (Å²) in [7, 11) is 0. The van der Waals surface area contributed by atoms with E-state index < -0.39 is 17.7 Å². The second-order valence-electron chi connectivity index (χ2n) is 3.68. The SMILES string of the molecule is CC(NC[C@H](C)O)c1cc(F)cc(F)c1. The van der Waals surface area contributed by atoms with Crippen LogP contribution >= 0.6 is 0 Å². The van der Waals surface area contributed by atoms with E-state index in [0.29, 0.717) is 12.1 Å². The summed E-state index contributed by atoms with van der Waals surface area (Å²) in [6.45, 7) is 3.82. The summed E-state index contributed by atoms with van der Waals surface area (Å²) >= 11 is 0. The number of aliphatic hydroxyl groups excluding tert-OH is 1. The second kappa shape index (κ2) is 5.19. The summed E-state index contributed by atoms with van der Waals surface area (Å²) in [5.74, 6) is -1.17. The Morgan fingerprint density at radius 3 is 2.20 bits per heavy atom. The van der Waals surface area contributed by atoms with Crippen LogP contribution in [0, 0.1) is 11.6 Å². The van der Waals surface area contributed by atoms with Crippen LogP contribution in [0.4, 0.5) is 8.78 Å².